The highest BCUT2D eigenvalue weighted by molar-refractivity contribution is 7.90. The van der Waals surface area contributed by atoms with Crippen LogP contribution in [-0.2, 0) is 10.0 Å². The number of halogens is 2. The lowest BCUT2D eigenvalue weighted by Crippen LogP contribution is -2.46. The van der Waals surface area contributed by atoms with Crippen molar-refractivity contribution in [2.45, 2.75) is 57.2 Å². The number of benzene rings is 1. The number of nitrogens with one attached hydrogen (secondary N) is 2. The van der Waals surface area contributed by atoms with E-state index < -0.39 is 14.8 Å². The van der Waals surface area contributed by atoms with Gasteiger partial charge in [0.2, 0.25) is 10.0 Å². The van der Waals surface area contributed by atoms with Crippen molar-refractivity contribution in [3.05, 3.63) is 28.2 Å². The lowest BCUT2D eigenvalue weighted by molar-refractivity contribution is 0.322. The van der Waals surface area contributed by atoms with Gasteiger partial charge in [-0.05, 0) is 70.6 Å². The Kier molecular flexibility index (Phi) is 6.46. The van der Waals surface area contributed by atoms with Crippen molar-refractivity contribution in [3.8, 4) is 0 Å². The van der Waals surface area contributed by atoms with E-state index in [2.05, 4.69) is 10.0 Å². The fourth-order valence-electron chi connectivity index (χ4n) is 2.77. The maximum absolute atomic E-state index is 12.2. The van der Waals surface area contributed by atoms with Crippen LogP contribution in [0, 0.1) is 5.92 Å². The molecule has 1 saturated carbocycles. The second-order valence-corrected chi connectivity index (χ2v) is 10.8. The third-order valence-electron chi connectivity index (χ3n) is 4.49. The molecule has 2 N–H and O–H groups in total. The Labute approximate surface area is 155 Å². The smallest absolute Gasteiger partial charge is 0.216 e. The van der Waals surface area contributed by atoms with Crippen LogP contribution in [0.3, 0.4) is 0 Å². The summed E-state index contributed by atoms with van der Waals surface area (Å²) in [4.78, 5) is 0. The summed E-state index contributed by atoms with van der Waals surface area (Å²) in [7, 11) is -3.28. The average molecular weight is 393 g/mol. The van der Waals surface area contributed by atoms with Crippen molar-refractivity contribution in [1.82, 2.24) is 4.72 Å². The largest absolute Gasteiger partial charge is 0.384 e. The minimum Gasteiger partial charge on any atom is -0.384 e. The van der Waals surface area contributed by atoms with Gasteiger partial charge in [0.05, 0.1) is 15.5 Å². The summed E-state index contributed by atoms with van der Waals surface area (Å²) in [5, 5.41) is 4.61. The molecule has 1 fully saturated rings. The van der Waals surface area contributed by atoms with Crippen LogP contribution < -0.4 is 10.0 Å². The van der Waals surface area contributed by atoms with Crippen molar-refractivity contribution in [2.24, 2.45) is 5.92 Å². The van der Waals surface area contributed by atoms with Gasteiger partial charge in [-0.1, -0.05) is 23.2 Å². The molecule has 0 bridgehead atoms. The molecule has 1 aromatic rings. The molecule has 0 amide bonds. The Morgan fingerprint density at radius 3 is 2.29 bits per heavy atom. The summed E-state index contributed by atoms with van der Waals surface area (Å²) < 4.78 is 26.6. The standard InChI is InChI=1S/C17H26Cl2N2O2S/c1-17(2,3)24(22,23)21-14-7-4-12(5-8-14)11-20-16-9-6-13(18)10-15(16)19/h6,9-10,12,14,20-21H,4-5,7-8,11H2,1-3H3. The Bertz CT molecular complexity index is 664. The first-order valence-electron chi connectivity index (χ1n) is 8.29. The molecule has 0 saturated heterocycles. The molecule has 0 unspecified atom stereocenters. The third kappa shape index (κ3) is 5.25. The normalized spacial score (nSPS) is 22.4. The van der Waals surface area contributed by atoms with Crippen molar-refractivity contribution in [1.29, 1.82) is 0 Å². The van der Waals surface area contributed by atoms with E-state index in [9.17, 15) is 8.42 Å². The summed E-state index contributed by atoms with van der Waals surface area (Å²) in [5.41, 5.74) is 0.886. The zero-order chi connectivity index (χ0) is 18.0. The number of hydrogen-bond donors (Lipinski definition) is 2. The molecule has 0 aromatic heterocycles. The van der Waals surface area contributed by atoms with E-state index in [1.54, 1.807) is 26.8 Å². The molecule has 1 aliphatic rings. The van der Waals surface area contributed by atoms with Crippen LogP contribution in [0.15, 0.2) is 18.2 Å². The zero-order valence-corrected chi connectivity index (χ0v) is 16.7. The molecule has 0 atom stereocenters. The van der Waals surface area contributed by atoms with E-state index in [1.807, 2.05) is 12.1 Å². The van der Waals surface area contributed by atoms with Gasteiger partial charge < -0.3 is 5.32 Å². The number of hydrogen-bond acceptors (Lipinski definition) is 3. The molecule has 1 aliphatic carbocycles. The van der Waals surface area contributed by atoms with Crippen LogP contribution in [0.2, 0.25) is 10.0 Å². The van der Waals surface area contributed by atoms with Gasteiger partial charge in [0.25, 0.3) is 0 Å². The van der Waals surface area contributed by atoms with Crippen LogP contribution in [0.5, 0.6) is 0 Å². The van der Waals surface area contributed by atoms with Crippen LogP contribution >= 0.6 is 23.2 Å². The molecule has 0 spiro atoms. The lowest BCUT2D eigenvalue weighted by atomic mass is 9.86. The molecule has 0 radical (unpaired) electrons. The van der Waals surface area contributed by atoms with Gasteiger partial charge in [-0.2, -0.15) is 0 Å². The molecule has 0 heterocycles. The minimum absolute atomic E-state index is 0.0459. The molecular weight excluding hydrogens is 367 g/mol. The van der Waals surface area contributed by atoms with Crippen molar-refractivity contribution >= 4 is 38.9 Å². The number of sulfonamides is 1. The van der Waals surface area contributed by atoms with Gasteiger partial charge in [0.15, 0.2) is 0 Å². The highest BCUT2D eigenvalue weighted by Crippen LogP contribution is 2.29. The van der Waals surface area contributed by atoms with Crippen molar-refractivity contribution in [2.75, 3.05) is 11.9 Å². The predicted octanol–water partition coefficient (Wildman–Crippen LogP) is 4.68. The molecule has 1 aromatic carbocycles. The predicted molar refractivity (Wildman–Crippen MR) is 103 cm³/mol. The molecule has 0 aliphatic heterocycles. The number of rotatable bonds is 5. The molecule has 136 valence electrons. The summed E-state index contributed by atoms with van der Waals surface area (Å²) in [6, 6.07) is 5.47. The third-order valence-corrected chi connectivity index (χ3v) is 7.29. The maximum atomic E-state index is 12.2. The van der Waals surface area contributed by atoms with E-state index in [4.69, 9.17) is 23.2 Å². The second-order valence-electron chi connectivity index (χ2n) is 7.46. The Morgan fingerprint density at radius 1 is 1.12 bits per heavy atom. The van der Waals surface area contributed by atoms with E-state index in [1.165, 1.54) is 0 Å². The molecule has 24 heavy (non-hydrogen) atoms. The first-order valence-corrected chi connectivity index (χ1v) is 10.5. The van der Waals surface area contributed by atoms with Crippen molar-refractivity contribution < 1.29 is 8.42 Å². The van der Waals surface area contributed by atoms with Gasteiger partial charge in [0.1, 0.15) is 0 Å². The Hall–Kier alpha value is -0.490. The van der Waals surface area contributed by atoms with E-state index >= 15 is 0 Å². The summed E-state index contributed by atoms with van der Waals surface area (Å²) >= 11 is 12.1. The minimum atomic E-state index is -3.28. The summed E-state index contributed by atoms with van der Waals surface area (Å²) in [6.45, 7) is 6.00. The Morgan fingerprint density at radius 2 is 1.75 bits per heavy atom. The van der Waals surface area contributed by atoms with Crippen LogP contribution in [-0.4, -0.2) is 25.8 Å². The molecule has 4 nitrogen and oxygen atoms in total. The second kappa shape index (κ2) is 7.81. The van der Waals surface area contributed by atoms with Crippen LogP contribution in [0.1, 0.15) is 46.5 Å². The van der Waals surface area contributed by atoms with Gasteiger partial charge >= 0.3 is 0 Å². The molecule has 2 rings (SSSR count). The van der Waals surface area contributed by atoms with Gasteiger partial charge in [-0.25, -0.2) is 13.1 Å². The van der Waals surface area contributed by atoms with Crippen LogP contribution in [0.25, 0.3) is 0 Å². The molecular formula is C17H26Cl2N2O2S. The topological polar surface area (TPSA) is 58.2 Å². The Balaban J connectivity index is 1.81. The van der Waals surface area contributed by atoms with Gasteiger partial charge in [0, 0.05) is 17.6 Å². The van der Waals surface area contributed by atoms with E-state index in [0.29, 0.717) is 16.0 Å². The van der Waals surface area contributed by atoms with Gasteiger partial charge in [-0.15, -0.1) is 0 Å². The fraction of sp³-hybridized carbons (Fsp3) is 0.647. The van der Waals surface area contributed by atoms with E-state index in [0.717, 1.165) is 37.9 Å². The lowest BCUT2D eigenvalue weighted by Gasteiger charge is -2.31. The summed E-state index contributed by atoms with van der Waals surface area (Å²) in [5.74, 6) is 0.520. The fourth-order valence-corrected chi connectivity index (χ4v) is 4.27. The monoisotopic (exact) mass is 392 g/mol. The first-order chi connectivity index (χ1) is 11.1. The quantitative estimate of drug-likeness (QED) is 0.764. The van der Waals surface area contributed by atoms with E-state index in [-0.39, 0.29) is 6.04 Å². The van der Waals surface area contributed by atoms with Crippen LogP contribution in [0.4, 0.5) is 5.69 Å². The molecule has 7 heteroatoms. The number of anilines is 1. The average Bonchev–Trinajstić information content (AvgIpc) is 2.46. The highest BCUT2D eigenvalue weighted by atomic mass is 35.5. The first kappa shape index (κ1) is 19.8. The van der Waals surface area contributed by atoms with Gasteiger partial charge in [-0.3, -0.25) is 0 Å². The van der Waals surface area contributed by atoms with Crippen molar-refractivity contribution in [3.63, 3.8) is 0 Å². The highest BCUT2D eigenvalue weighted by Gasteiger charge is 2.32. The summed E-state index contributed by atoms with van der Waals surface area (Å²) in [6.07, 6.45) is 3.73. The maximum Gasteiger partial charge on any atom is 0.216 e. The zero-order valence-electron chi connectivity index (χ0n) is 14.4. The SMILES string of the molecule is CC(C)(C)S(=O)(=O)NC1CCC(CNc2ccc(Cl)cc2Cl)CC1.